The second-order valence-corrected chi connectivity index (χ2v) is 8.14. The second-order valence-electron chi connectivity index (χ2n) is 8.14. The van der Waals surface area contributed by atoms with Gasteiger partial charge < -0.3 is 14.6 Å². The van der Waals surface area contributed by atoms with Crippen LogP contribution in [0.25, 0.3) is 22.5 Å². The van der Waals surface area contributed by atoms with Crippen LogP contribution >= 0.6 is 0 Å². The van der Waals surface area contributed by atoms with E-state index in [-0.39, 0.29) is 5.75 Å². The molecule has 2 aliphatic rings. The van der Waals surface area contributed by atoms with Crippen molar-refractivity contribution in [2.75, 3.05) is 13.1 Å². The van der Waals surface area contributed by atoms with Crippen molar-refractivity contribution < 1.29 is 9.90 Å². The van der Waals surface area contributed by atoms with Crippen LogP contribution in [0.4, 0.5) is 0 Å². The molecule has 0 unspecified atom stereocenters. The molecule has 1 aliphatic carbocycles. The van der Waals surface area contributed by atoms with Crippen molar-refractivity contribution >= 4 is 5.91 Å². The monoisotopic (exact) mass is 388 g/mol. The maximum Gasteiger partial charge on any atom is 0.225 e. The molecule has 1 N–H and O–H groups in total. The number of carbonyl (C=O) groups excluding carboxylic acids is 1. The average Bonchev–Trinajstić information content (AvgIpc) is 3.32. The number of aromatic hydroxyl groups is 1. The lowest BCUT2D eigenvalue weighted by molar-refractivity contribution is -0.131. The maximum atomic E-state index is 12.3. The summed E-state index contributed by atoms with van der Waals surface area (Å²) < 4.78 is 2.10. The number of phenolic OH excluding ortho intramolecular Hbond substituents is 1. The predicted molar refractivity (Wildman–Crippen MR) is 110 cm³/mol. The Morgan fingerprint density at radius 1 is 0.966 bits per heavy atom. The molecular formula is C23H24N4O2. The molecule has 2 heterocycles. The number of rotatable bonds is 5. The third-order valence-corrected chi connectivity index (χ3v) is 5.94. The Bertz CT molecular complexity index is 1010. The van der Waals surface area contributed by atoms with Crippen LogP contribution in [-0.4, -0.2) is 43.8 Å². The van der Waals surface area contributed by atoms with E-state index < -0.39 is 0 Å². The van der Waals surface area contributed by atoms with E-state index in [2.05, 4.69) is 39.0 Å². The molecular weight excluding hydrogens is 364 g/mol. The summed E-state index contributed by atoms with van der Waals surface area (Å²) in [6.45, 7) is 2.54. The van der Waals surface area contributed by atoms with E-state index in [1.807, 2.05) is 17.0 Å². The molecule has 148 valence electrons. The highest BCUT2D eigenvalue weighted by atomic mass is 16.3. The number of likely N-dealkylation sites (tertiary alicyclic amines) is 1. The smallest absolute Gasteiger partial charge is 0.225 e. The summed E-state index contributed by atoms with van der Waals surface area (Å²) in [5.74, 6) is 2.22. The summed E-state index contributed by atoms with van der Waals surface area (Å²) >= 11 is 0. The molecule has 0 radical (unpaired) electrons. The normalized spacial score (nSPS) is 18.9. The van der Waals surface area contributed by atoms with Gasteiger partial charge in [0.25, 0.3) is 0 Å². The SMILES string of the molecule is O=C(C1CC1)N1CC[C@@H](Cn2cnnc2-c2ccc(-c3ccc(O)cc3)cc2)C1. The van der Waals surface area contributed by atoms with Crippen molar-refractivity contribution in [1.82, 2.24) is 19.7 Å². The van der Waals surface area contributed by atoms with Gasteiger partial charge in [0.05, 0.1) is 0 Å². The number of hydrogen-bond acceptors (Lipinski definition) is 4. The standard InChI is InChI=1S/C23H24N4O2/c28-21-9-7-18(8-10-21)17-1-3-19(4-2-17)22-25-24-15-27(22)14-16-11-12-26(13-16)23(29)20-5-6-20/h1-4,7-10,15-16,20,28H,5-6,11-14H2/t16-/m1/s1. The summed E-state index contributed by atoms with van der Waals surface area (Å²) in [6, 6.07) is 15.4. The molecule has 0 spiro atoms. The van der Waals surface area contributed by atoms with Crippen LogP contribution in [0.1, 0.15) is 19.3 Å². The number of hydrogen-bond donors (Lipinski definition) is 1. The molecule has 29 heavy (non-hydrogen) atoms. The first-order valence-electron chi connectivity index (χ1n) is 10.2. The van der Waals surface area contributed by atoms with Crippen LogP contribution in [0.3, 0.4) is 0 Å². The van der Waals surface area contributed by atoms with Crippen LogP contribution in [0.5, 0.6) is 5.75 Å². The quantitative estimate of drug-likeness (QED) is 0.725. The van der Waals surface area contributed by atoms with Crippen LogP contribution in [0.15, 0.2) is 54.9 Å². The van der Waals surface area contributed by atoms with E-state index in [4.69, 9.17) is 0 Å². The number of aromatic nitrogens is 3. The summed E-state index contributed by atoms with van der Waals surface area (Å²) in [5.41, 5.74) is 3.17. The van der Waals surface area contributed by atoms with Gasteiger partial charge in [0.2, 0.25) is 5.91 Å². The highest BCUT2D eigenvalue weighted by molar-refractivity contribution is 5.81. The fraction of sp³-hybridized carbons (Fsp3) is 0.348. The summed E-state index contributed by atoms with van der Waals surface area (Å²) in [4.78, 5) is 14.3. The fourth-order valence-corrected chi connectivity index (χ4v) is 4.13. The number of amides is 1. The molecule has 1 aromatic heterocycles. The molecule has 6 heteroatoms. The zero-order valence-corrected chi connectivity index (χ0v) is 16.2. The molecule has 3 aromatic rings. The highest BCUT2D eigenvalue weighted by Crippen LogP contribution is 2.33. The largest absolute Gasteiger partial charge is 0.508 e. The third-order valence-electron chi connectivity index (χ3n) is 5.94. The third kappa shape index (κ3) is 3.75. The molecule has 1 aliphatic heterocycles. The number of carbonyl (C=O) groups is 1. The van der Waals surface area contributed by atoms with Gasteiger partial charge >= 0.3 is 0 Å². The van der Waals surface area contributed by atoms with Crippen molar-refractivity contribution in [2.24, 2.45) is 11.8 Å². The van der Waals surface area contributed by atoms with E-state index >= 15 is 0 Å². The topological polar surface area (TPSA) is 71.2 Å². The molecule has 5 rings (SSSR count). The van der Waals surface area contributed by atoms with Gasteiger partial charge in [0.15, 0.2) is 5.82 Å². The maximum absolute atomic E-state index is 12.3. The Labute approximate surface area is 169 Å². The van der Waals surface area contributed by atoms with E-state index in [0.29, 0.717) is 17.7 Å². The lowest BCUT2D eigenvalue weighted by Gasteiger charge is -2.17. The van der Waals surface area contributed by atoms with Crippen LogP contribution in [0, 0.1) is 11.8 Å². The van der Waals surface area contributed by atoms with Gasteiger partial charge in [0, 0.05) is 31.1 Å². The summed E-state index contributed by atoms with van der Waals surface area (Å²) in [5, 5.41) is 17.9. The Hall–Kier alpha value is -3.15. The average molecular weight is 388 g/mol. The van der Waals surface area contributed by atoms with Gasteiger partial charge in [-0.15, -0.1) is 10.2 Å². The molecule has 2 fully saturated rings. The van der Waals surface area contributed by atoms with Crippen molar-refractivity contribution in [3.8, 4) is 28.3 Å². The first-order valence-corrected chi connectivity index (χ1v) is 10.2. The second kappa shape index (κ2) is 7.35. The Balaban J connectivity index is 1.29. The van der Waals surface area contributed by atoms with Crippen molar-refractivity contribution in [1.29, 1.82) is 0 Å². The van der Waals surface area contributed by atoms with Gasteiger partial charge in [-0.3, -0.25) is 4.79 Å². The minimum absolute atomic E-state index is 0.266. The molecule has 1 saturated carbocycles. The molecule has 2 aromatic carbocycles. The first-order chi connectivity index (χ1) is 14.2. The van der Waals surface area contributed by atoms with Gasteiger partial charge in [-0.25, -0.2) is 0 Å². The summed E-state index contributed by atoms with van der Waals surface area (Å²) in [6.07, 6.45) is 4.95. The van der Waals surface area contributed by atoms with Crippen LogP contribution < -0.4 is 0 Å². The zero-order chi connectivity index (χ0) is 19.8. The van der Waals surface area contributed by atoms with Gasteiger partial charge in [-0.2, -0.15) is 0 Å². The number of benzene rings is 2. The minimum atomic E-state index is 0.266. The van der Waals surface area contributed by atoms with Crippen molar-refractivity contribution in [3.05, 3.63) is 54.9 Å². The molecule has 0 bridgehead atoms. The lowest BCUT2D eigenvalue weighted by Crippen LogP contribution is -2.30. The Kier molecular flexibility index (Phi) is 4.54. The van der Waals surface area contributed by atoms with E-state index in [0.717, 1.165) is 61.4 Å². The Morgan fingerprint density at radius 2 is 1.62 bits per heavy atom. The fourth-order valence-electron chi connectivity index (χ4n) is 4.13. The van der Waals surface area contributed by atoms with Crippen molar-refractivity contribution in [2.45, 2.75) is 25.8 Å². The zero-order valence-electron chi connectivity index (χ0n) is 16.2. The number of nitrogens with zero attached hydrogens (tertiary/aromatic N) is 4. The van der Waals surface area contributed by atoms with Gasteiger partial charge in [0.1, 0.15) is 12.1 Å². The van der Waals surface area contributed by atoms with Crippen molar-refractivity contribution in [3.63, 3.8) is 0 Å². The van der Waals surface area contributed by atoms with Crippen LogP contribution in [0.2, 0.25) is 0 Å². The molecule has 1 saturated heterocycles. The van der Waals surface area contributed by atoms with E-state index in [9.17, 15) is 9.90 Å². The minimum Gasteiger partial charge on any atom is -0.508 e. The lowest BCUT2D eigenvalue weighted by atomic mass is 10.0. The van der Waals surface area contributed by atoms with E-state index in [1.54, 1.807) is 18.5 Å². The predicted octanol–water partition coefficient (Wildman–Crippen LogP) is 3.58. The summed E-state index contributed by atoms with van der Waals surface area (Å²) in [7, 11) is 0. The van der Waals surface area contributed by atoms with Crippen LogP contribution in [-0.2, 0) is 11.3 Å². The highest BCUT2D eigenvalue weighted by Gasteiger charge is 2.36. The molecule has 1 atom stereocenters. The molecule has 6 nitrogen and oxygen atoms in total. The number of phenols is 1. The molecule has 1 amide bonds. The van der Waals surface area contributed by atoms with Gasteiger partial charge in [-0.05, 0) is 48.4 Å². The Morgan fingerprint density at radius 3 is 2.31 bits per heavy atom. The van der Waals surface area contributed by atoms with Gasteiger partial charge in [-0.1, -0.05) is 36.4 Å². The van der Waals surface area contributed by atoms with E-state index in [1.165, 1.54) is 0 Å². The first kappa shape index (κ1) is 17.9.